The van der Waals surface area contributed by atoms with E-state index in [4.69, 9.17) is 4.74 Å². The number of aliphatic carboxylic acids is 2. The van der Waals surface area contributed by atoms with E-state index in [-0.39, 0.29) is 18.9 Å². The van der Waals surface area contributed by atoms with Gasteiger partial charge in [0.15, 0.2) is 0 Å². The number of hydrogen-bond donors (Lipinski definition) is 3. The average molecular weight is 392 g/mol. The number of nitrogens with zero attached hydrogens (tertiary/aromatic N) is 1. The molecule has 0 bridgehead atoms. The Morgan fingerprint density at radius 2 is 1.82 bits per heavy atom. The van der Waals surface area contributed by atoms with Crippen LogP contribution in [0.15, 0.2) is 30.3 Å². The first-order valence-corrected chi connectivity index (χ1v) is 9.38. The lowest BCUT2D eigenvalue weighted by molar-refractivity contribution is -0.149. The quantitative estimate of drug-likeness (QED) is 0.581. The van der Waals surface area contributed by atoms with Gasteiger partial charge in [-0.2, -0.15) is 0 Å². The smallest absolute Gasteiger partial charge is 0.326 e. The fourth-order valence-electron chi connectivity index (χ4n) is 3.32. The van der Waals surface area contributed by atoms with Crippen molar-refractivity contribution in [3.05, 3.63) is 35.9 Å². The fraction of sp³-hybridized carbons (Fsp3) is 0.550. The highest BCUT2D eigenvalue weighted by molar-refractivity contribution is 5.88. The van der Waals surface area contributed by atoms with Crippen LogP contribution in [0.2, 0.25) is 0 Å². The van der Waals surface area contributed by atoms with Crippen LogP contribution in [0.3, 0.4) is 0 Å². The molecule has 0 aliphatic carbocycles. The fourth-order valence-corrected chi connectivity index (χ4v) is 3.32. The summed E-state index contributed by atoms with van der Waals surface area (Å²) in [6.07, 6.45) is -0.189. The number of rotatable bonds is 9. The number of nitrogens with one attached hydrogen (secondary N) is 1. The third-order valence-corrected chi connectivity index (χ3v) is 4.89. The molecular weight excluding hydrogens is 364 g/mol. The molecule has 0 spiro atoms. The Balaban J connectivity index is 2.01. The number of hydrogen-bond acceptors (Lipinski definition) is 5. The molecule has 28 heavy (non-hydrogen) atoms. The maximum Gasteiger partial charge on any atom is 0.326 e. The second-order valence-corrected chi connectivity index (χ2v) is 7.45. The zero-order valence-electron chi connectivity index (χ0n) is 16.4. The van der Waals surface area contributed by atoms with Crippen molar-refractivity contribution in [2.45, 2.75) is 58.0 Å². The van der Waals surface area contributed by atoms with E-state index >= 15 is 0 Å². The molecule has 3 unspecified atom stereocenters. The number of carboxylic acid groups (broad SMARTS) is 2. The summed E-state index contributed by atoms with van der Waals surface area (Å²) >= 11 is 0. The molecule has 1 aliphatic rings. The van der Waals surface area contributed by atoms with Gasteiger partial charge in [-0.25, -0.2) is 4.79 Å². The van der Waals surface area contributed by atoms with Crippen molar-refractivity contribution in [3.63, 3.8) is 0 Å². The van der Waals surface area contributed by atoms with E-state index < -0.39 is 42.1 Å². The number of carboxylic acids is 2. The van der Waals surface area contributed by atoms with E-state index in [1.54, 1.807) is 20.8 Å². The van der Waals surface area contributed by atoms with Gasteiger partial charge in [-0.15, -0.1) is 0 Å². The number of carbonyl (C=O) groups is 3. The standard InChI is InChI=1S/C20H28N2O6/c1-12(2)17(20(26)27)21-13(3)18(23)22-10-15(9-16(22)19(24)25)28-11-14-7-5-4-6-8-14/h4-8,12-13,15-17,21H,9-11H2,1-3H3,(H,24,25)(H,26,27)/t13-,15?,16?,17?/m0/s1. The van der Waals surface area contributed by atoms with Crippen LogP contribution in [-0.4, -0.2) is 63.7 Å². The van der Waals surface area contributed by atoms with Gasteiger partial charge < -0.3 is 19.8 Å². The SMILES string of the molecule is CC(C)C(N[C@@H](C)C(=O)N1CC(OCc2ccccc2)CC1C(=O)O)C(=O)O. The largest absolute Gasteiger partial charge is 0.480 e. The third kappa shape index (κ3) is 5.53. The van der Waals surface area contributed by atoms with Crippen molar-refractivity contribution in [1.82, 2.24) is 10.2 Å². The molecule has 1 saturated heterocycles. The molecule has 0 radical (unpaired) electrons. The maximum atomic E-state index is 12.8. The van der Waals surface area contributed by atoms with Gasteiger partial charge in [0, 0.05) is 13.0 Å². The van der Waals surface area contributed by atoms with Gasteiger partial charge in [0.25, 0.3) is 0 Å². The van der Waals surface area contributed by atoms with Crippen LogP contribution in [0.25, 0.3) is 0 Å². The predicted molar refractivity (Wildman–Crippen MR) is 102 cm³/mol. The number of likely N-dealkylation sites (tertiary alicyclic amines) is 1. The molecule has 154 valence electrons. The maximum absolute atomic E-state index is 12.8. The Hall–Kier alpha value is -2.45. The topological polar surface area (TPSA) is 116 Å². The minimum atomic E-state index is -1.09. The highest BCUT2D eigenvalue weighted by Crippen LogP contribution is 2.23. The summed E-state index contributed by atoms with van der Waals surface area (Å²) in [6.45, 7) is 5.53. The van der Waals surface area contributed by atoms with Crippen molar-refractivity contribution in [2.75, 3.05) is 6.54 Å². The molecule has 1 aromatic carbocycles. The van der Waals surface area contributed by atoms with E-state index in [1.807, 2.05) is 30.3 Å². The van der Waals surface area contributed by atoms with Crippen molar-refractivity contribution in [1.29, 1.82) is 0 Å². The summed E-state index contributed by atoms with van der Waals surface area (Å²) in [5.74, 6) is -2.80. The Kier molecular flexibility index (Phi) is 7.53. The van der Waals surface area contributed by atoms with E-state index in [1.165, 1.54) is 4.90 Å². The zero-order valence-corrected chi connectivity index (χ0v) is 16.4. The summed E-state index contributed by atoms with van der Waals surface area (Å²) in [5, 5.41) is 21.6. The first-order chi connectivity index (χ1) is 13.2. The molecule has 4 atom stereocenters. The molecule has 8 nitrogen and oxygen atoms in total. The summed E-state index contributed by atoms with van der Waals surface area (Å²) in [4.78, 5) is 37.1. The summed E-state index contributed by atoms with van der Waals surface area (Å²) in [6, 6.07) is 6.81. The molecule has 0 aromatic heterocycles. The monoisotopic (exact) mass is 392 g/mol. The number of benzene rings is 1. The van der Waals surface area contributed by atoms with Crippen molar-refractivity contribution in [3.8, 4) is 0 Å². The van der Waals surface area contributed by atoms with Gasteiger partial charge >= 0.3 is 11.9 Å². The Morgan fingerprint density at radius 1 is 1.18 bits per heavy atom. The summed E-state index contributed by atoms with van der Waals surface area (Å²) < 4.78 is 5.82. The molecular formula is C20H28N2O6. The van der Waals surface area contributed by atoms with Gasteiger partial charge in [0.05, 0.1) is 18.8 Å². The third-order valence-electron chi connectivity index (χ3n) is 4.89. The van der Waals surface area contributed by atoms with Crippen LogP contribution in [0.4, 0.5) is 0 Å². The van der Waals surface area contributed by atoms with Crippen LogP contribution >= 0.6 is 0 Å². The molecule has 8 heteroatoms. The van der Waals surface area contributed by atoms with Gasteiger partial charge in [-0.1, -0.05) is 44.2 Å². The lowest BCUT2D eigenvalue weighted by Gasteiger charge is -2.28. The minimum Gasteiger partial charge on any atom is -0.480 e. The normalized spacial score (nSPS) is 21.5. The van der Waals surface area contributed by atoms with Gasteiger partial charge in [0.1, 0.15) is 12.1 Å². The second-order valence-electron chi connectivity index (χ2n) is 7.45. The number of ether oxygens (including phenoxy) is 1. The second kappa shape index (κ2) is 9.66. The molecule has 1 aromatic rings. The lowest BCUT2D eigenvalue weighted by Crippen LogP contribution is -2.54. The van der Waals surface area contributed by atoms with E-state index in [0.717, 1.165) is 5.56 Å². The van der Waals surface area contributed by atoms with Crippen molar-refractivity contribution >= 4 is 17.8 Å². The average Bonchev–Trinajstić information content (AvgIpc) is 3.08. The first kappa shape index (κ1) is 21.8. The minimum absolute atomic E-state index is 0.161. The Morgan fingerprint density at radius 3 is 2.36 bits per heavy atom. The van der Waals surface area contributed by atoms with Crippen molar-refractivity contribution in [2.24, 2.45) is 5.92 Å². The molecule has 1 heterocycles. The van der Waals surface area contributed by atoms with Crippen LogP contribution in [0.5, 0.6) is 0 Å². The molecule has 1 amide bonds. The number of amides is 1. The molecule has 1 fully saturated rings. The van der Waals surface area contributed by atoms with E-state index in [2.05, 4.69) is 5.32 Å². The van der Waals surface area contributed by atoms with Crippen LogP contribution in [0, 0.1) is 5.92 Å². The molecule has 1 aliphatic heterocycles. The highest BCUT2D eigenvalue weighted by Gasteiger charge is 2.42. The van der Waals surface area contributed by atoms with E-state index in [9.17, 15) is 24.6 Å². The number of carbonyl (C=O) groups excluding carboxylic acids is 1. The predicted octanol–water partition coefficient (Wildman–Crippen LogP) is 1.34. The molecule has 2 rings (SSSR count). The highest BCUT2D eigenvalue weighted by atomic mass is 16.5. The van der Waals surface area contributed by atoms with Gasteiger partial charge in [-0.3, -0.25) is 14.9 Å². The van der Waals surface area contributed by atoms with Crippen LogP contribution in [0.1, 0.15) is 32.8 Å². The van der Waals surface area contributed by atoms with Crippen LogP contribution < -0.4 is 5.32 Å². The zero-order chi connectivity index (χ0) is 20.8. The molecule has 3 N–H and O–H groups in total. The Labute approximate surface area is 164 Å². The summed E-state index contributed by atoms with van der Waals surface area (Å²) in [7, 11) is 0. The lowest BCUT2D eigenvalue weighted by atomic mass is 10.0. The van der Waals surface area contributed by atoms with Crippen molar-refractivity contribution < 1.29 is 29.3 Å². The van der Waals surface area contributed by atoms with Gasteiger partial charge in [0.2, 0.25) is 5.91 Å². The Bertz CT molecular complexity index is 693. The van der Waals surface area contributed by atoms with Gasteiger partial charge in [-0.05, 0) is 18.4 Å². The molecule has 0 saturated carbocycles. The summed E-state index contributed by atoms with van der Waals surface area (Å²) in [5.41, 5.74) is 0.968. The first-order valence-electron chi connectivity index (χ1n) is 9.38. The van der Waals surface area contributed by atoms with E-state index in [0.29, 0.717) is 6.61 Å². The van der Waals surface area contributed by atoms with Crippen LogP contribution in [-0.2, 0) is 25.7 Å².